The van der Waals surface area contributed by atoms with Gasteiger partial charge in [-0.15, -0.1) is 10.2 Å². The van der Waals surface area contributed by atoms with Crippen LogP contribution in [0, 0.1) is 17.2 Å². The molecular weight excluding hydrogens is 218 g/mol. The number of hydrogen-bond acceptors (Lipinski definition) is 5. The summed E-state index contributed by atoms with van der Waals surface area (Å²) in [5.41, 5.74) is 5.21. The number of nitrogens with two attached hydrogens (primary N) is 1. The molecule has 0 aliphatic carbocycles. The highest BCUT2D eigenvalue weighted by molar-refractivity contribution is 5.90. The number of carbonyl (C=O) groups excluding carboxylic acids is 1. The van der Waals surface area contributed by atoms with E-state index in [0.717, 1.165) is 6.54 Å². The maximum absolute atomic E-state index is 10.8. The molecule has 6 heteroatoms. The average molecular weight is 233 g/mol. The first kappa shape index (κ1) is 12.9. The molecule has 0 aromatic carbocycles. The maximum atomic E-state index is 10.8. The Balaban J connectivity index is 2.83. The van der Waals surface area contributed by atoms with E-state index in [2.05, 4.69) is 16.3 Å². The fraction of sp³-hybridized carbons (Fsp3) is 0.455. The molecule has 1 rings (SSSR count). The summed E-state index contributed by atoms with van der Waals surface area (Å²) in [5, 5.41) is 16.4. The topological polar surface area (TPSA) is 95.9 Å². The fourth-order valence-corrected chi connectivity index (χ4v) is 1.38. The van der Waals surface area contributed by atoms with Crippen molar-refractivity contribution in [1.29, 1.82) is 5.26 Å². The lowest BCUT2D eigenvalue weighted by Gasteiger charge is -2.22. The summed E-state index contributed by atoms with van der Waals surface area (Å²) in [5.74, 6) is -0.0512. The number of nitriles is 1. The zero-order chi connectivity index (χ0) is 12.8. The molecule has 0 fully saturated rings. The van der Waals surface area contributed by atoms with Gasteiger partial charge in [-0.3, -0.25) is 4.79 Å². The van der Waals surface area contributed by atoms with Crippen LogP contribution in [0.5, 0.6) is 0 Å². The third-order valence-corrected chi connectivity index (χ3v) is 2.32. The predicted octanol–water partition coefficient (Wildman–Crippen LogP) is 0.561. The number of anilines is 1. The van der Waals surface area contributed by atoms with Gasteiger partial charge in [-0.2, -0.15) is 5.26 Å². The highest BCUT2D eigenvalue weighted by atomic mass is 16.1. The Morgan fingerprint density at radius 3 is 2.71 bits per heavy atom. The molecule has 1 unspecified atom stereocenters. The molecule has 0 aliphatic heterocycles. The van der Waals surface area contributed by atoms with E-state index >= 15 is 0 Å². The molecular formula is C11H15N5O. The molecule has 1 amide bonds. The van der Waals surface area contributed by atoms with Crippen molar-refractivity contribution in [2.24, 2.45) is 11.7 Å². The van der Waals surface area contributed by atoms with Crippen molar-refractivity contribution < 1.29 is 4.79 Å². The van der Waals surface area contributed by atoms with Gasteiger partial charge in [0.2, 0.25) is 0 Å². The van der Waals surface area contributed by atoms with Gasteiger partial charge in [0.05, 0.1) is 12.0 Å². The molecule has 1 atom stereocenters. The minimum Gasteiger partial charge on any atom is -0.364 e. The molecule has 1 aromatic heterocycles. The largest absolute Gasteiger partial charge is 0.364 e. The first-order valence-electron chi connectivity index (χ1n) is 5.36. The van der Waals surface area contributed by atoms with Gasteiger partial charge in [-0.25, -0.2) is 0 Å². The average Bonchev–Trinajstić information content (AvgIpc) is 2.35. The minimum absolute atomic E-state index is 0.0902. The van der Waals surface area contributed by atoms with Crippen LogP contribution in [0.4, 0.5) is 5.82 Å². The molecule has 0 bridgehead atoms. The van der Waals surface area contributed by atoms with Crippen LogP contribution in [0.15, 0.2) is 12.1 Å². The van der Waals surface area contributed by atoms with Gasteiger partial charge < -0.3 is 10.6 Å². The van der Waals surface area contributed by atoms with Crippen LogP contribution >= 0.6 is 0 Å². The quantitative estimate of drug-likeness (QED) is 0.801. The number of amides is 1. The van der Waals surface area contributed by atoms with Gasteiger partial charge in [-0.05, 0) is 26.0 Å². The van der Waals surface area contributed by atoms with Crippen LogP contribution in [0.1, 0.15) is 24.3 Å². The van der Waals surface area contributed by atoms with Crippen LogP contribution in [0.25, 0.3) is 0 Å². The van der Waals surface area contributed by atoms with E-state index in [4.69, 9.17) is 11.0 Å². The summed E-state index contributed by atoms with van der Waals surface area (Å²) in [6, 6.07) is 5.38. The van der Waals surface area contributed by atoms with Crippen molar-refractivity contribution >= 4 is 11.7 Å². The lowest BCUT2D eigenvalue weighted by atomic mass is 10.2. The van der Waals surface area contributed by atoms with Crippen molar-refractivity contribution in [3.63, 3.8) is 0 Å². The second kappa shape index (κ2) is 5.80. The van der Waals surface area contributed by atoms with Crippen LogP contribution in [-0.2, 0) is 0 Å². The first-order chi connectivity index (χ1) is 8.08. The second-order valence-electron chi connectivity index (χ2n) is 3.71. The summed E-state index contributed by atoms with van der Waals surface area (Å²) in [6.07, 6.45) is 0. The van der Waals surface area contributed by atoms with Gasteiger partial charge in [0, 0.05) is 13.1 Å². The van der Waals surface area contributed by atoms with Gasteiger partial charge in [-0.1, -0.05) is 0 Å². The molecule has 1 aromatic rings. The van der Waals surface area contributed by atoms with E-state index in [1.165, 1.54) is 6.07 Å². The Morgan fingerprint density at radius 2 is 2.29 bits per heavy atom. The van der Waals surface area contributed by atoms with E-state index in [0.29, 0.717) is 12.4 Å². The predicted molar refractivity (Wildman–Crippen MR) is 63.2 cm³/mol. The maximum Gasteiger partial charge on any atom is 0.269 e. The number of primary amides is 1. The smallest absolute Gasteiger partial charge is 0.269 e. The highest BCUT2D eigenvalue weighted by Crippen LogP contribution is 2.11. The van der Waals surface area contributed by atoms with Crippen LogP contribution in [0.2, 0.25) is 0 Å². The third-order valence-electron chi connectivity index (χ3n) is 2.32. The fourth-order valence-electron chi connectivity index (χ4n) is 1.38. The van der Waals surface area contributed by atoms with Crippen molar-refractivity contribution in [2.45, 2.75) is 13.8 Å². The Labute approximate surface area is 100 Å². The first-order valence-corrected chi connectivity index (χ1v) is 5.36. The van der Waals surface area contributed by atoms with Crippen molar-refractivity contribution in [3.05, 3.63) is 17.8 Å². The zero-order valence-electron chi connectivity index (χ0n) is 9.92. The SMILES string of the molecule is CCN(CC(C)C#N)c1ccc(C(N)=O)nn1. The monoisotopic (exact) mass is 233 g/mol. The minimum atomic E-state index is -0.600. The van der Waals surface area contributed by atoms with E-state index in [-0.39, 0.29) is 11.6 Å². The standard InChI is InChI=1S/C11H15N5O/c1-3-16(7-8(2)6-12)10-5-4-9(11(13)17)14-15-10/h4-5,8H,3,7H2,1-2H3,(H2,13,17). The number of carbonyl (C=O) groups is 1. The van der Waals surface area contributed by atoms with Crippen LogP contribution < -0.4 is 10.6 Å². The van der Waals surface area contributed by atoms with E-state index in [9.17, 15) is 4.79 Å². The van der Waals surface area contributed by atoms with Gasteiger partial charge in [0.1, 0.15) is 0 Å². The summed E-state index contributed by atoms with van der Waals surface area (Å²) in [4.78, 5) is 12.8. The lowest BCUT2D eigenvalue weighted by molar-refractivity contribution is 0.0994. The van der Waals surface area contributed by atoms with Gasteiger partial charge in [0.25, 0.3) is 5.91 Å². The third kappa shape index (κ3) is 3.41. The van der Waals surface area contributed by atoms with E-state index in [1.807, 2.05) is 18.7 Å². The Morgan fingerprint density at radius 1 is 1.59 bits per heavy atom. The highest BCUT2D eigenvalue weighted by Gasteiger charge is 2.11. The molecule has 0 radical (unpaired) electrons. The molecule has 2 N–H and O–H groups in total. The summed E-state index contributed by atoms with van der Waals surface area (Å²) in [6.45, 7) is 5.11. The van der Waals surface area contributed by atoms with Crippen LogP contribution in [-0.4, -0.2) is 29.2 Å². The van der Waals surface area contributed by atoms with Gasteiger partial charge in [0.15, 0.2) is 11.5 Å². The number of rotatable bonds is 5. The van der Waals surface area contributed by atoms with Crippen molar-refractivity contribution in [2.75, 3.05) is 18.0 Å². The number of aromatic nitrogens is 2. The Hall–Kier alpha value is -2.16. The van der Waals surface area contributed by atoms with E-state index in [1.54, 1.807) is 6.07 Å². The number of hydrogen-bond donors (Lipinski definition) is 1. The summed E-state index contributed by atoms with van der Waals surface area (Å²) >= 11 is 0. The molecule has 0 saturated heterocycles. The van der Waals surface area contributed by atoms with Crippen molar-refractivity contribution in [1.82, 2.24) is 10.2 Å². The molecule has 0 aliphatic rings. The molecule has 0 spiro atoms. The molecule has 17 heavy (non-hydrogen) atoms. The van der Waals surface area contributed by atoms with Crippen LogP contribution in [0.3, 0.4) is 0 Å². The Kier molecular flexibility index (Phi) is 4.40. The molecule has 6 nitrogen and oxygen atoms in total. The molecule has 0 saturated carbocycles. The lowest BCUT2D eigenvalue weighted by Crippen LogP contribution is -2.29. The number of nitrogens with zero attached hydrogens (tertiary/aromatic N) is 4. The van der Waals surface area contributed by atoms with E-state index < -0.39 is 5.91 Å². The summed E-state index contributed by atoms with van der Waals surface area (Å²) < 4.78 is 0. The van der Waals surface area contributed by atoms with Crippen molar-refractivity contribution in [3.8, 4) is 6.07 Å². The molecule has 90 valence electrons. The molecule has 1 heterocycles. The normalized spacial score (nSPS) is 11.6. The zero-order valence-corrected chi connectivity index (χ0v) is 9.92. The second-order valence-corrected chi connectivity index (χ2v) is 3.71. The summed E-state index contributed by atoms with van der Waals surface area (Å²) in [7, 11) is 0. The Bertz CT molecular complexity index is 422. The van der Waals surface area contributed by atoms with Gasteiger partial charge >= 0.3 is 0 Å².